The summed E-state index contributed by atoms with van der Waals surface area (Å²) < 4.78 is 1.56. The molecule has 0 radical (unpaired) electrons. The Labute approximate surface area is 159 Å². The number of thioether (sulfide) groups is 1. The maximum Gasteiger partial charge on any atom is 0.271 e. The predicted octanol–water partition coefficient (Wildman–Crippen LogP) is 3.43. The van der Waals surface area contributed by atoms with E-state index in [4.69, 9.17) is 6.42 Å². The second-order valence-electron chi connectivity index (χ2n) is 5.97. The van der Waals surface area contributed by atoms with Crippen LogP contribution in [0.25, 0.3) is 11.3 Å². The summed E-state index contributed by atoms with van der Waals surface area (Å²) in [5.41, 5.74) is 2.44. The van der Waals surface area contributed by atoms with Gasteiger partial charge in [0.2, 0.25) is 0 Å². The summed E-state index contributed by atoms with van der Waals surface area (Å²) >= 11 is 1.70. The Morgan fingerprint density at radius 3 is 2.56 bits per heavy atom. The van der Waals surface area contributed by atoms with E-state index in [1.807, 2.05) is 24.5 Å². The van der Waals surface area contributed by atoms with Gasteiger partial charge in [0.05, 0.1) is 12.2 Å². The second kappa shape index (κ2) is 10.3. The van der Waals surface area contributed by atoms with Gasteiger partial charge < -0.3 is 5.32 Å². The van der Waals surface area contributed by atoms with E-state index in [1.165, 1.54) is 4.90 Å². The van der Waals surface area contributed by atoms with Crippen molar-refractivity contribution in [1.82, 2.24) is 15.1 Å². The lowest BCUT2D eigenvalue weighted by Gasteiger charge is -2.13. The predicted molar refractivity (Wildman–Crippen MR) is 108 cm³/mol. The molecule has 2 rings (SSSR count). The molecule has 1 heterocycles. The van der Waals surface area contributed by atoms with Gasteiger partial charge in [0.1, 0.15) is 0 Å². The maximum atomic E-state index is 12.6. The first kappa shape index (κ1) is 21.3. The molecule has 0 amide bonds. The van der Waals surface area contributed by atoms with Crippen LogP contribution in [0.2, 0.25) is 0 Å². The van der Waals surface area contributed by atoms with Crippen molar-refractivity contribution in [3.63, 3.8) is 0 Å². The lowest BCUT2D eigenvalue weighted by Crippen LogP contribution is -2.31. The topological polar surface area (TPSA) is 46.9 Å². The van der Waals surface area contributed by atoms with Gasteiger partial charge in [-0.25, -0.2) is 4.68 Å². The molecular formula is C19H24ClN3OS. The van der Waals surface area contributed by atoms with Crippen molar-refractivity contribution in [2.24, 2.45) is 5.92 Å². The van der Waals surface area contributed by atoms with Crippen molar-refractivity contribution >= 4 is 24.2 Å². The van der Waals surface area contributed by atoms with Crippen molar-refractivity contribution in [1.29, 1.82) is 0 Å². The van der Waals surface area contributed by atoms with Gasteiger partial charge in [-0.3, -0.25) is 4.79 Å². The van der Waals surface area contributed by atoms with Crippen LogP contribution in [-0.2, 0) is 13.1 Å². The Hall–Kier alpha value is -1.74. The minimum atomic E-state index is -0.0577. The largest absolute Gasteiger partial charge is 0.302 e. The number of rotatable bonds is 7. The Morgan fingerprint density at radius 2 is 2.00 bits per heavy atom. The molecule has 0 saturated carbocycles. The molecule has 2 aromatic rings. The van der Waals surface area contributed by atoms with Gasteiger partial charge in [0, 0.05) is 29.1 Å². The monoisotopic (exact) mass is 377 g/mol. The summed E-state index contributed by atoms with van der Waals surface area (Å²) in [5, 5.41) is 7.65. The summed E-state index contributed by atoms with van der Waals surface area (Å²) in [4.78, 5) is 13.8. The molecule has 6 heteroatoms. The van der Waals surface area contributed by atoms with Gasteiger partial charge in [0.25, 0.3) is 5.56 Å². The van der Waals surface area contributed by atoms with Gasteiger partial charge in [-0.15, -0.1) is 30.6 Å². The molecule has 1 N–H and O–H groups in total. The summed E-state index contributed by atoms with van der Waals surface area (Å²) in [7, 11) is 0. The highest BCUT2D eigenvalue weighted by Gasteiger charge is 2.11. The smallest absolute Gasteiger partial charge is 0.271 e. The lowest BCUT2D eigenvalue weighted by molar-refractivity contribution is 0.461. The van der Waals surface area contributed by atoms with Crippen LogP contribution in [0, 0.1) is 18.3 Å². The highest BCUT2D eigenvalue weighted by atomic mass is 35.5. The third-order valence-corrected chi connectivity index (χ3v) is 4.26. The van der Waals surface area contributed by atoms with Gasteiger partial charge in [-0.2, -0.15) is 5.10 Å². The van der Waals surface area contributed by atoms with Crippen LogP contribution >= 0.6 is 24.2 Å². The van der Waals surface area contributed by atoms with Crippen LogP contribution in [0.3, 0.4) is 0 Å². The number of benzene rings is 1. The van der Waals surface area contributed by atoms with E-state index < -0.39 is 0 Å². The van der Waals surface area contributed by atoms with Crippen molar-refractivity contribution in [2.45, 2.75) is 31.8 Å². The van der Waals surface area contributed by atoms with E-state index in [0.29, 0.717) is 31.1 Å². The summed E-state index contributed by atoms with van der Waals surface area (Å²) in [6.45, 7) is 5.62. The molecule has 134 valence electrons. The molecular weight excluding hydrogens is 354 g/mol. The maximum absolute atomic E-state index is 12.6. The summed E-state index contributed by atoms with van der Waals surface area (Å²) in [6, 6.07) is 10.1. The molecule has 0 atom stereocenters. The minimum Gasteiger partial charge on any atom is -0.302 e. The SMILES string of the molecule is C#CCNCc1cc(-c2ccc(SC)cc2)nn(CC(C)C)c1=O.Cl. The van der Waals surface area contributed by atoms with E-state index in [9.17, 15) is 4.79 Å². The van der Waals surface area contributed by atoms with Gasteiger partial charge in [-0.05, 0) is 30.4 Å². The molecule has 1 aromatic carbocycles. The Kier molecular flexibility index (Phi) is 8.77. The van der Waals surface area contributed by atoms with Gasteiger partial charge in [0.15, 0.2) is 0 Å². The van der Waals surface area contributed by atoms with Crippen LogP contribution < -0.4 is 10.9 Å². The standard InChI is InChI=1S/C19H23N3OS.ClH/c1-5-10-20-12-16-11-18(15-6-8-17(24-4)9-7-15)21-22(19(16)23)13-14(2)3;/h1,6-9,11,14,20H,10,12-13H2,2-4H3;1H. The normalized spacial score (nSPS) is 10.4. The second-order valence-corrected chi connectivity index (χ2v) is 6.85. The zero-order valence-corrected chi connectivity index (χ0v) is 16.4. The van der Waals surface area contributed by atoms with Crippen LogP contribution in [0.5, 0.6) is 0 Å². The number of terminal acetylenes is 1. The highest BCUT2D eigenvalue weighted by Crippen LogP contribution is 2.21. The molecule has 1 aromatic heterocycles. The lowest BCUT2D eigenvalue weighted by atomic mass is 10.1. The van der Waals surface area contributed by atoms with Gasteiger partial charge >= 0.3 is 0 Å². The van der Waals surface area contributed by atoms with E-state index in [1.54, 1.807) is 16.4 Å². The third-order valence-electron chi connectivity index (χ3n) is 3.51. The van der Waals surface area contributed by atoms with Crippen LogP contribution in [0.15, 0.2) is 40.0 Å². The van der Waals surface area contributed by atoms with Crippen molar-refractivity contribution in [3.05, 3.63) is 46.2 Å². The summed E-state index contributed by atoms with van der Waals surface area (Å²) in [5.74, 6) is 2.87. The summed E-state index contributed by atoms with van der Waals surface area (Å²) in [6.07, 6.45) is 7.31. The molecule has 0 spiro atoms. The third kappa shape index (κ3) is 5.93. The number of nitrogens with zero attached hydrogens (tertiary/aromatic N) is 2. The molecule has 0 bridgehead atoms. The zero-order valence-electron chi connectivity index (χ0n) is 14.8. The number of halogens is 1. The zero-order chi connectivity index (χ0) is 17.5. The van der Waals surface area contributed by atoms with Crippen molar-refractivity contribution in [2.75, 3.05) is 12.8 Å². The first-order valence-corrected chi connectivity index (χ1v) is 9.17. The van der Waals surface area contributed by atoms with Crippen molar-refractivity contribution < 1.29 is 0 Å². The van der Waals surface area contributed by atoms with E-state index >= 15 is 0 Å². The number of aromatic nitrogens is 2. The Bertz CT molecular complexity index is 779. The number of hydrogen-bond acceptors (Lipinski definition) is 4. The highest BCUT2D eigenvalue weighted by molar-refractivity contribution is 7.98. The molecule has 0 aliphatic rings. The fourth-order valence-corrected chi connectivity index (χ4v) is 2.77. The number of hydrogen-bond donors (Lipinski definition) is 1. The molecule has 0 saturated heterocycles. The molecule has 0 aliphatic heterocycles. The molecule has 4 nitrogen and oxygen atoms in total. The van der Waals surface area contributed by atoms with Crippen LogP contribution in [0.4, 0.5) is 0 Å². The molecule has 0 fully saturated rings. The Balaban J connectivity index is 0.00000312. The van der Waals surface area contributed by atoms with Crippen LogP contribution in [0.1, 0.15) is 19.4 Å². The van der Waals surface area contributed by atoms with E-state index in [2.05, 4.69) is 42.3 Å². The first-order chi connectivity index (χ1) is 11.5. The fourth-order valence-electron chi connectivity index (χ4n) is 2.37. The van der Waals surface area contributed by atoms with Gasteiger partial charge in [-0.1, -0.05) is 31.9 Å². The molecule has 0 unspecified atom stereocenters. The van der Waals surface area contributed by atoms with Crippen molar-refractivity contribution in [3.8, 4) is 23.6 Å². The quantitative estimate of drug-likeness (QED) is 0.456. The fraction of sp³-hybridized carbons (Fsp3) is 0.368. The first-order valence-electron chi connectivity index (χ1n) is 7.94. The number of nitrogens with one attached hydrogen (secondary N) is 1. The van der Waals surface area contributed by atoms with Crippen LogP contribution in [-0.4, -0.2) is 22.6 Å². The average molecular weight is 378 g/mol. The van der Waals surface area contributed by atoms with E-state index in [0.717, 1.165) is 11.3 Å². The molecule has 25 heavy (non-hydrogen) atoms. The average Bonchev–Trinajstić information content (AvgIpc) is 2.58. The molecule has 0 aliphatic carbocycles. The Morgan fingerprint density at radius 1 is 1.32 bits per heavy atom. The van der Waals surface area contributed by atoms with E-state index in [-0.39, 0.29) is 18.0 Å². The minimum absolute atomic E-state index is 0.